The van der Waals surface area contributed by atoms with Crippen molar-refractivity contribution in [1.82, 2.24) is 4.98 Å². The first-order chi connectivity index (χ1) is 8.81. The molecule has 2 nitrogen and oxygen atoms in total. The molecule has 0 radical (unpaired) electrons. The normalized spacial score (nSPS) is 12.3. The van der Waals surface area contributed by atoms with Gasteiger partial charge in [-0.1, -0.05) is 30.3 Å². The van der Waals surface area contributed by atoms with Gasteiger partial charge in [0.15, 0.2) is 0 Å². The third-order valence-electron chi connectivity index (χ3n) is 2.93. The van der Waals surface area contributed by atoms with Crippen LogP contribution in [0.1, 0.15) is 22.1 Å². The minimum Gasteiger partial charge on any atom is -0.329 e. The topological polar surface area (TPSA) is 38.9 Å². The lowest BCUT2D eigenvalue weighted by molar-refractivity contribution is 0.897. The molecule has 18 heavy (non-hydrogen) atoms. The molecule has 1 aromatic carbocycles. The summed E-state index contributed by atoms with van der Waals surface area (Å²) in [6.07, 6.45) is 1.83. The van der Waals surface area contributed by atoms with Gasteiger partial charge in [-0.15, -0.1) is 11.8 Å². The molecule has 2 aromatic rings. The molecule has 0 aliphatic carbocycles. The molecule has 2 rings (SSSR count). The van der Waals surface area contributed by atoms with Crippen molar-refractivity contribution in [1.29, 1.82) is 0 Å². The third-order valence-corrected chi connectivity index (χ3v) is 4.25. The summed E-state index contributed by atoms with van der Waals surface area (Å²) in [5, 5.41) is 0.269. The first-order valence-electron chi connectivity index (χ1n) is 6.08. The molecule has 0 fully saturated rings. The minimum atomic E-state index is 0.269. The van der Waals surface area contributed by atoms with Crippen molar-refractivity contribution < 1.29 is 0 Å². The van der Waals surface area contributed by atoms with E-state index in [-0.39, 0.29) is 5.25 Å². The highest BCUT2D eigenvalue weighted by molar-refractivity contribution is 7.98. The SMILES string of the molecule is Cc1ccccc1CSC(CN)c1ccccn1. The van der Waals surface area contributed by atoms with Gasteiger partial charge < -0.3 is 5.73 Å². The maximum atomic E-state index is 5.85. The van der Waals surface area contributed by atoms with Gasteiger partial charge in [-0.05, 0) is 30.2 Å². The Balaban J connectivity index is 2.02. The fourth-order valence-corrected chi connectivity index (χ4v) is 2.95. The van der Waals surface area contributed by atoms with Gasteiger partial charge in [-0.3, -0.25) is 4.98 Å². The van der Waals surface area contributed by atoms with Gasteiger partial charge in [0.25, 0.3) is 0 Å². The van der Waals surface area contributed by atoms with Crippen LogP contribution < -0.4 is 5.73 Å². The molecule has 1 unspecified atom stereocenters. The van der Waals surface area contributed by atoms with Crippen LogP contribution in [-0.2, 0) is 5.75 Å². The van der Waals surface area contributed by atoms with E-state index in [4.69, 9.17) is 5.73 Å². The van der Waals surface area contributed by atoms with Crippen LogP contribution in [0.3, 0.4) is 0 Å². The van der Waals surface area contributed by atoms with Gasteiger partial charge in [-0.2, -0.15) is 0 Å². The van der Waals surface area contributed by atoms with Crippen LogP contribution in [0.5, 0.6) is 0 Å². The van der Waals surface area contributed by atoms with Gasteiger partial charge in [0.05, 0.1) is 10.9 Å². The lowest BCUT2D eigenvalue weighted by Gasteiger charge is -2.14. The summed E-state index contributed by atoms with van der Waals surface area (Å²) in [5.74, 6) is 0.977. The van der Waals surface area contributed by atoms with Crippen molar-refractivity contribution in [3.8, 4) is 0 Å². The van der Waals surface area contributed by atoms with Crippen molar-refractivity contribution in [3.05, 3.63) is 65.5 Å². The highest BCUT2D eigenvalue weighted by Gasteiger charge is 2.11. The number of nitrogens with two attached hydrogens (primary N) is 1. The van der Waals surface area contributed by atoms with E-state index in [1.54, 1.807) is 0 Å². The molecule has 3 heteroatoms. The second-order valence-electron chi connectivity index (χ2n) is 4.22. The van der Waals surface area contributed by atoms with Gasteiger partial charge >= 0.3 is 0 Å². The van der Waals surface area contributed by atoms with Gasteiger partial charge in [0, 0.05) is 18.5 Å². The Morgan fingerprint density at radius 2 is 1.94 bits per heavy atom. The minimum absolute atomic E-state index is 0.269. The van der Waals surface area contributed by atoms with E-state index in [0.29, 0.717) is 6.54 Å². The molecule has 0 amide bonds. The summed E-state index contributed by atoms with van der Waals surface area (Å²) in [5.41, 5.74) is 9.62. The summed E-state index contributed by atoms with van der Waals surface area (Å²) in [6, 6.07) is 14.5. The Morgan fingerprint density at radius 1 is 1.17 bits per heavy atom. The maximum Gasteiger partial charge on any atom is 0.0595 e. The molecule has 1 aromatic heterocycles. The zero-order chi connectivity index (χ0) is 12.8. The van der Waals surface area contributed by atoms with Crippen molar-refractivity contribution in [3.63, 3.8) is 0 Å². The number of thioether (sulfide) groups is 1. The van der Waals surface area contributed by atoms with Crippen LogP contribution in [-0.4, -0.2) is 11.5 Å². The fourth-order valence-electron chi connectivity index (χ4n) is 1.80. The zero-order valence-corrected chi connectivity index (χ0v) is 11.4. The smallest absolute Gasteiger partial charge is 0.0595 e. The predicted molar refractivity (Wildman–Crippen MR) is 78.5 cm³/mol. The summed E-state index contributed by atoms with van der Waals surface area (Å²) >= 11 is 1.85. The zero-order valence-electron chi connectivity index (χ0n) is 10.5. The summed E-state index contributed by atoms with van der Waals surface area (Å²) < 4.78 is 0. The van der Waals surface area contributed by atoms with Crippen molar-refractivity contribution in [2.24, 2.45) is 5.73 Å². The fraction of sp³-hybridized carbons (Fsp3) is 0.267. The third kappa shape index (κ3) is 3.34. The predicted octanol–water partition coefficient (Wildman–Crippen LogP) is 3.32. The van der Waals surface area contributed by atoms with E-state index in [1.165, 1.54) is 11.1 Å². The van der Waals surface area contributed by atoms with E-state index in [9.17, 15) is 0 Å². The Hall–Kier alpha value is -1.32. The molecular weight excluding hydrogens is 240 g/mol. The number of nitrogens with zero attached hydrogens (tertiary/aromatic N) is 1. The second-order valence-corrected chi connectivity index (χ2v) is 5.41. The molecular formula is C15H18N2S. The summed E-state index contributed by atoms with van der Waals surface area (Å²) in [7, 11) is 0. The molecule has 1 atom stereocenters. The van der Waals surface area contributed by atoms with Crippen molar-refractivity contribution in [2.45, 2.75) is 17.9 Å². The van der Waals surface area contributed by atoms with Gasteiger partial charge in [0.2, 0.25) is 0 Å². The summed E-state index contributed by atoms with van der Waals surface area (Å²) in [6.45, 7) is 2.77. The Morgan fingerprint density at radius 3 is 2.61 bits per heavy atom. The Labute approximate surface area is 113 Å². The highest BCUT2D eigenvalue weighted by atomic mass is 32.2. The van der Waals surface area contributed by atoms with Crippen LogP contribution in [0.2, 0.25) is 0 Å². The number of rotatable bonds is 5. The van der Waals surface area contributed by atoms with Crippen LogP contribution in [0.4, 0.5) is 0 Å². The number of hydrogen-bond donors (Lipinski definition) is 1. The number of benzene rings is 1. The van der Waals surface area contributed by atoms with Crippen LogP contribution in [0.25, 0.3) is 0 Å². The first-order valence-corrected chi connectivity index (χ1v) is 7.13. The molecule has 0 aliphatic heterocycles. The number of pyridine rings is 1. The Bertz CT molecular complexity index is 485. The molecule has 1 heterocycles. The number of aromatic nitrogens is 1. The molecule has 0 spiro atoms. The molecule has 2 N–H and O–H groups in total. The molecule has 0 saturated heterocycles. The number of aryl methyl sites for hydroxylation is 1. The quantitative estimate of drug-likeness (QED) is 0.894. The van der Waals surface area contributed by atoms with Gasteiger partial charge in [0.1, 0.15) is 0 Å². The second kappa shape index (κ2) is 6.57. The monoisotopic (exact) mass is 258 g/mol. The van der Waals surface area contributed by atoms with Gasteiger partial charge in [-0.25, -0.2) is 0 Å². The van der Waals surface area contributed by atoms with E-state index in [1.807, 2.05) is 36.2 Å². The average molecular weight is 258 g/mol. The standard InChI is InChI=1S/C15H18N2S/c1-12-6-2-3-7-13(12)11-18-15(10-16)14-8-4-5-9-17-14/h2-9,15H,10-11,16H2,1H3. The summed E-state index contributed by atoms with van der Waals surface area (Å²) in [4.78, 5) is 4.38. The van der Waals surface area contributed by atoms with E-state index in [2.05, 4.69) is 36.2 Å². The van der Waals surface area contributed by atoms with Crippen molar-refractivity contribution in [2.75, 3.05) is 6.54 Å². The van der Waals surface area contributed by atoms with Crippen molar-refractivity contribution >= 4 is 11.8 Å². The molecule has 0 bridgehead atoms. The van der Waals surface area contributed by atoms with Crippen LogP contribution >= 0.6 is 11.8 Å². The molecule has 94 valence electrons. The van der Waals surface area contributed by atoms with E-state index in [0.717, 1.165) is 11.4 Å². The Kier molecular flexibility index (Phi) is 4.79. The van der Waals surface area contributed by atoms with E-state index >= 15 is 0 Å². The number of hydrogen-bond acceptors (Lipinski definition) is 3. The lowest BCUT2D eigenvalue weighted by atomic mass is 10.1. The molecule has 0 saturated carbocycles. The lowest BCUT2D eigenvalue weighted by Crippen LogP contribution is -2.11. The first kappa shape index (κ1) is 13.1. The van der Waals surface area contributed by atoms with E-state index < -0.39 is 0 Å². The van der Waals surface area contributed by atoms with Crippen LogP contribution in [0.15, 0.2) is 48.7 Å². The molecule has 0 aliphatic rings. The maximum absolute atomic E-state index is 5.85. The average Bonchev–Trinajstić information content (AvgIpc) is 2.42. The highest BCUT2D eigenvalue weighted by Crippen LogP contribution is 2.29. The van der Waals surface area contributed by atoms with Crippen LogP contribution in [0, 0.1) is 6.92 Å². The largest absolute Gasteiger partial charge is 0.329 e.